The molecule has 2 aliphatic carbocycles. The molecule has 0 N–H and O–H groups in total. The predicted molar refractivity (Wildman–Crippen MR) is 83.4 cm³/mol. The number of rotatable bonds is 6. The topological polar surface area (TPSA) is 110 Å². The number of carbonyl (C=O) groups excluding carboxylic acids is 5. The Bertz CT molecular complexity index is 618. The van der Waals surface area contributed by atoms with Crippen LogP contribution in [0.1, 0.15) is 51.4 Å². The highest BCUT2D eigenvalue weighted by atomic mass is 16.7. The molecule has 4 fully saturated rings. The average Bonchev–Trinajstić information content (AvgIpc) is 3.47. The van der Waals surface area contributed by atoms with E-state index in [1.165, 1.54) is 0 Å². The van der Waals surface area contributed by atoms with Gasteiger partial charge < -0.3 is 9.47 Å². The first-order chi connectivity index (χ1) is 12.3. The van der Waals surface area contributed by atoms with E-state index in [1.807, 2.05) is 0 Å². The van der Waals surface area contributed by atoms with Gasteiger partial charge in [0.05, 0.1) is 13.1 Å². The number of ether oxygens (including phenoxy) is 2. The van der Waals surface area contributed by atoms with Gasteiger partial charge in [-0.3, -0.25) is 29.0 Å². The highest BCUT2D eigenvalue weighted by Crippen LogP contribution is 2.45. The zero-order valence-electron chi connectivity index (χ0n) is 14.3. The number of carbonyl (C=O) groups is 5. The summed E-state index contributed by atoms with van der Waals surface area (Å²) >= 11 is 0. The lowest BCUT2D eigenvalue weighted by Crippen LogP contribution is -2.42. The molecular formula is C17H20N2O7. The summed E-state index contributed by atoms with van der Waals surface area (Å²) in [5, 5.41) is 0. The standard InChI is InChI=1S/C17H20N2O7/c20-11-1-2-12(21)18(11)9-16(5-6-16)25-15(24)26-17(7-8-17)10-19-13(22)3-4-14(19)23/h1-10H2. The maximum atomic E-state index is 12.2. The quantitative estimate of drug-likeness (QED) is 0.498. The van der Waals surface area contributed by atoms with E-state index < -0.39 is 17.4 Å². The van der Waals surface area contributed by atoms with E-state index in [9.17, 15) is 24.0 Å². The Labute approximate surface area is 149 Å². The second kappa shape index (κ2) is 5.78. The van der Waals surface area contributed by atoms with Crippen molar-refractivity contribution in [2.75, 3.05) is 13.1 Å². The number of nitrogens with zero attached hydrogens (tertiary/aromatic N) is 2. The fourth-order valence-electron chi connectivity index (χ4n) is 3.41. The van der Waals surface area contributed by atoms with Crippen LogP contribution >= 0.6 is 0 Å². The lowest BCUT2D eigenvalue weighted by Gasteiger charge is -2.25. The number of hydrogen-bond donors (Lipinski definition) is 0. The minimum Gasteiger partial charge on any atom is -0.426 e. The van der Waals surface area contributed by atoms with E-state index in [4.69, 9.17) is 9.47 Å². The Balaban J connectivity index is 1.32. The maximum Gasteiger partial charge on any atom is 0.509 e. The molecule has 4 amide bonds. The van der Waals surface area contributed by atoms with Crippen LogP contribution in [0, 0.1) is 0 Å². The van der Waals surface area contributed by atoms with Crippen LogP contribution in [-0.4, -0.2) is 63.9 Å². The fraction of sp³-hybridized carbons (Fsp3) is 0.706. The largest absolute Gasteiger partial charge is 0.509 e. The van der Waals surface area contributed by atoms with Crippen molar-refractivity contribution >= 4 is 29.8 Å². The Hall–Kier alpha value is -2.45. The summed E-state index contributed by atoms with van der Waals surface area (Å²) in [5.74, 6) is -0.989. The predicted octanol–water partition coefficient (Wildman–Crippen LogP) is 0.503. The van der Waals surface area contributed by atoms with Crippen LogP contribution in [0.2, 0.25) is 0 Å². The summed E-state index contributed by atoms with van der Waals surface area (Å²) in [6, 6.07) is 0. The van der Waals surface area contributed by atoms with E-state index in [2.05, 4.69) is 0 Å². The van der Waals surface area contributed by atoms with Gasteiger partial charge in [-0.1, -0.05) is 0 Å². The molecule has 140 valence electrons. The molecule has 26 heavy (non-hydrogen) atoms. The van der Waals surface area contributed by atoms with Crippen LogP contribution in [0.25, 0.3) is 0 Å². The van der Waals surface area contributed by atoms with Gasteiger partial charge in [0.1, 0.15) is 11.2 Å². The molecule has 2 heterocycles. The van der Waals surface area contributed by atoms with Crippen LogP contribution in [0.4, 0.5) is 4.79 Å². The monoisotopic (exact) mass is 364 g/mol. The summed E-state index contributed by atoms with van der Waals surface area (Å²) in [6.45, 7) is 0.131. The molecule has 0 aromatic heterocycles. The van der Waals surface area contributed by atoms with E-state index >= 15 is 0 Å². The molecular weight excluding hydrogens is 344 g/mol. The summed E-state index contributed by atoms with van der Waals surface area (Å²) in [6.07, 6.45) is 2.16. The lowest BCUT2D eigenvalue weighted by atomic mass is 10.3. The van der Waals surface area contributed by atoms with Crippen LogP contribution in [0.5, 0.6) is 0 Å². The van der Waals surface area contributed by atoms with E-state index in [-0.39, 0.29) is 62.4 Å². The molecule has 4 aliphatic rings. The molecule has 9 nitrogen and oxygen atoms in total. The molecule has 2 aliphatic heterocycles. The van der Waals surface area contributed by atoms with Gasteiger partial charge in [0.2, 0.25) is 23.6 Å². The zero-order chi connectivity index (χ0) is 18.5. The highest BCUT2D eigenvalue weighted by Gasteiger charge is 2.55. The average molecular weight is 364 g/mol. The Morgan fingerprint density at radius 1 is 0.692 bits per heavy atom. The van der Waals surface area contributed by atoms with Crippen LogP contribution in [0.15, 0.2) is 0 Å². The van der Waals surface area contributed by atoms with Crippen LogP contribution in [0.3, 0.4) is 0 Å². The highest BCUT2D eigenvalue weighted by molar-refractivity contribution is 6.02. The second-order valence-electron chi connectivity index (χ2n) is 7.57. The third-order valence-corrected chi connectivity index (χ3v) is 5.42. The molecule has 0 aromatic carbocycles. The molecule has 2 saturated heterocycles. The summed E-state index contributed by atoms with van der Waals surface area (Å²) < 4.78 is 10.8. The number of hydrogen-bond acceptors (Lipinski definition) is 7. The summed E-state index contributed by atoms with van der Waals surface area (Å²) in [5.41, 5.74) is -1.72. The van der Waals surface area contributed by atoms with Crippen molar-refractivity contribution in [3.8, 4) is 0 Å². The Morgan fingerprint density at radius 3 is 1.27 bits per heavy atom. The van der Waals surface area contributed by atoms with E-state index in [1.54, 1.807) is 0 Å². The Kier molecular flexibility index (Phi) is 3.78. The molecule has 2 saturated carbocycles. The van der Waals surface area contributed by atoms with Crippen molar-refractivity contribution in [2.24, 2.45) is 0 Å². The lowest BCUT2D eigenvalue weighted by molar-refractivity contribution is -0.141. The maximum absolute atomic E-state index is 12.2. The summed E-state index contributed by atoms with van der Waals surface area (Å²) in [7, 11) is 0. The van der Waals surface area contributed by atoms with Gasteiger partial charge in [-0.15, -0.1) is 0 Å². The van der Waals surface area contributed by atoms with Gasteiger partial charge in [-0.25, -0.2) is 4.79 Å². The first-order valence-electron chi connectivity index (χ1n) is 8.90. The van der Waals surface area contributed by atoms with Crippen LogP contribution in [-0.2, 0) is 28.7 Å². The third kappa shape index (κ3) is 3.17. The van der Waals surface area contributed by atoms with Gasteiger partial charge in [-0.2, -0.15) is 0 Å². The second-order valence-corrected chi connectivity index (χ2v) is 7.57. The van der Waals surface area contributed by atoms with E-state index in [0.29, 0.717) is 25.7 Å². The molecule has 0 spiro atoms. The molecule has 9 heteroatoms. The molecule has 0 atom stereocenters. The summed E-state index contributed by atoms with van der Waals surface area (Å²) in [4.78, 5) is 61.4. The molecule has 0 unspecified atom stereocenters. The van der Waals surface area contributed by atoms with Crippen molar-refractivity contribution in [2.45, 2.75) is 62.6 Å². The van der Waals surface area contributed by atoms with Crippen molar-refractivity contribution in [1.29, 1.82) is 0 Å². The number of likely N-dealkylation sites (tertiary alicyclic amines) is 2. The van der Waals surface area contributed by atoms with Gasteiger partial charge in [0.25, 0.3) is 0 Å². The Morgan fingerprint density at radius 2 is 1.00 bits per heavy atom. The zero-order valence-corrected chi connectivity index (χ0v) is 14.3. The minimum atomic E-state index is -0.877. The van der Waals surface area contributed by atoms with Gasteiger partial charge in [0.15, 0.2) is 0 Å². The number of amides is 4. The van der Waals surface area contributed by atoms with Crippen molar-refractivity contribution in [3.05, 3.63) is 0 Å². The molecule has 0 radical (unpaired) electrons. The van der Waals surface area contributed by atoms with Gasteiger partial charge in [-0.05, 0) is 25.7 Å². The van der Waals surface area contributed by atoms with Gasteiger partial charge >= 0.3 is 6.16 Å². The van der Waals surface area contributed by atoms with E-state index in [0.717, 1.165) is 9.80 Å². The van der Waals surface area contributed by atoms with Gasteiger partial charge in [0, 0.05) is 25.7 Å². The van der Waals surface area contributed by atoms with Crippen molar-refractivity contribution < 1.29 is 33.4 Å². The van der Waals surface area contributed by atoms with Crippen LogP contribution < -0.4 is 0 Å². The molecule has 0 bridgehead atoms. The first kappa shape index (κ1) is 17.0. The van der Waals surface area contributed by atoms with Crippen molar-refractivity contribution in [1.82, 2.24) is 9.80 Å². The normalized spacial score (nSPS) is 25.7. The molecule has 4 rings (SSSR count). The van der Waals surface area contributed by atoms with Crippen molar-refractivity contribution in [3.63, 3.8) is 0 Å². The first-order valence-corrected chi connectivity index (χ1v) is 8.90. The fourth-order valence-corrected chi connectivity index (χ4v) is 3.41. The molecule has 0 aromatic rings. The smallest absolute Gasteiger partial charge is 0.426 e. The number of imide groups is 2. The SMILES string of the molecule is O=C(OC1(CN2C(=O)CCC2=O)CC1)OC1(CN2C(=O)CCC2=O)CC1. The minimum absolute atomic E-state index is 0.0653. The third-order valence-electron chi connectivity index (χ3n) is 5.42.